The SMILES string of the molecule is COCC(=O)N1CCCN(Cc2ccc(Cl)cc2)CCCN(C(=O)COc2ccc(Cl)cc2)Cc2ccccc21. The number of carbonyl (C=O) groups excluding carboxylic acids is 2. The summed E-state index contributed by atoms with van der Waals surface area (Å²) < 4.78 is 11.0. The molecule has 0 saturated heterocycles. The molecule has 0 aliphatic carbocycles. The molecule has 0 unspecified atom stereocenters. The van der Waals surface area contributed by atoms with Crippen molar-refractivity contribution in [2.24, 2.45) is 0 Å². The highest BCUT2D eigenvalue weighted by atomic mass is 35.5. The van der Waals surface area contributed by atoms with Crippen LogP contribution >= 0.6 is 23.2 Å². The molecule has 0 fully saturated rings. The summed E-state index contributed by atoms with van der Waals surface area (Å²) in [5, 5.41) is 1.31. The molecule has 7 nitrogen and oxygen atoms in total. The summed E-state index contributed by atoms with van der Waals surface area (Å²) in [5.74, 6) is 0.346. The van der Waals surface area contributed by atoms with Gasteiger partial charge in [0.25, 0.3) is 11.8 Å². The summed E-state index contributed by atoms with van der Waals surface area (Å²) in [6.07, 6.45) is 1.60. The number of ether oxygens (including phenoxy) is 2. The molecule has 0 spiro atoms. The summed E-state index contributed by atoms with van der Waals surface area (Å²) in [5.41, 5.74) is 2.87. The van der Waals surface area contributed by atoms with Crippen molar-refractivity contribution in [3.05, 3.63) is 94.0 Å². The lowest BCUT2D eigenvalue weighted by Gasteiger charge is -2.31. The molecule has 4 rings (SSSR count). The zero-order valence-electron chi connectivity index (χ0n) is 22.7. The van der Waals surface area contributed by atoms with E-state index in [1.54, 1.807) is 29.2 Å². The standard InChI is InChI=1S/C31H35Cl2N3O4/c1-39-22-31(38)36-19-5-17-34(20-24-8-10-26(32)11-9-24)16-4-18-35(21-25-6-2-3-7-29(25)36)30(37)23-40-28-14-12-27(33)13-15-28/h2-3,6-15H,4-5,16-23H2,1H3. The van der Waals surface area contributed by atoms with Crippen LogP contribution in [0.3, 0.4) is 0 Å². The van der Waals surface area contributed by atoms with E-state index in [4.69, 9.17) is 32.7 Å². The topological polar surface area (TPSA) is 62.3 Å². The first-order valence-corrected chi connectivity index (χ1v) is 14.2. The van der Waals surface area contributed by atoms with E-state index in [1.807, 2.05) is 53.4 Å². The van der Waals surface area contributed by atoms with Gasteiger partial charge in [0.1, 0.15) is 12.4 Å². The Morgan fingerprint density at radius 3 is 2.12 bits per heavy atom. The summed E-state index contributed by atoms with van der Waals surface area (Å²) in [7, 11) is 1.52. The largest absolute Gasteiger partial charge is 0.484 e. The molecule has 40 heavy (non-hydrogen) atoms. The molecule has 3 aromatic rings. The molecule has 0 atom stereocenters. The molecule has 1 heterocycles. The van der Waals surface area contributed by atoms with E-state index in [0.29, 0.717) is 35.4 Å². The van der Waals surface area contributed by atoms with Crippen molar-refractivity contribution in [2.45, 2.75) is 25.9 Å². The minimum absolute atomic E-state index is 0.0135. The molecule has 1 aliphatic rings. The van der Waals surface area contributed by atoms with Crippen LogP contribution in [0.1, 0.15) is 24.0 Å². The number of hydrogen-bond donors (Lipinski definition) is 0. The smallest absolute Gasteiger partial charge is 0.260 e. The molecule has 0 saturated carbocycles. The van der Waals surface area contributed by atoms with Gasteiger partial charge >= 0.3 is 0 Å². The normalized spacial score (nSPS) is 15.1. The first kappa shape index (κ1) is 29.9. The van der Waals surface area contributed by atoms with Gasteiger partial charge in [-0.15, -0.1) is 0 Å². The second kappa shape index (κ2) is 15.1. The summed E-state index contributed by atoms with van der Waals surface area (Å²) in [4.78, 5) is 32.5. The molecule has 3 aromatic carbocycles. The Morgan fingerprint density at radius 2 is 1.43 bits per heavy atom. The Labute approximate surface area is 246 Å². The average molecular weight is 585 g/mol. The molecule has 212 valence electrons. The van der Waals surface area contributed by atoms with Gasteiger partial charge in [0.2, 0.25) is 0 Å². The molecule has 0 bridgehead atoms. The highest BCUT2D eigenvalue weighted by molar-refractivity contribution is 6.30. The number of rotatable bonds is 7. The number of fused-ring (bicyclic) bond motifs is 1. The van der Waals surface area contributed by atoms with Crippen molar-refractivity contribution in [3.63, 3.8) is 0 Å². The van der Waals surface area contributed by atoms with E-state index in [0.717, 1.165) is 43.7 Å². The Kier molecular flexibility index (Phi) is 11.2. The molecule has 0 radical (unpaired) electrons. The van der Waals surface area contributed by atoms with E-state index < -0.39 is 0 Å². The van der Waals surface area contributed by atoms with Gasteiger partial charge in [0.15, 0.2) is 6.61 Å². The monoisotopic (exact) mass is 583 g/mol. The second-order valence-electron chi connectivity index (χ2n) is 9.77. The zero-order valence-corrected chi connectivity index (χ0v) is 24.2. The summed E-state index contributed by atoms with van der Waals surface area (Å²) >= 11 is 12.1. The van der Waals surface area contributed by atoms with Crippen LogP contribution in [0.2, 0.25) is 10.0 Å². The number of methoxy groups -OCH3 is 1. The number of benzene rings is 3. The molecule has 1 aliphatic heterocycles. The lowest BCUT2D eigenvalue weighted by molar-refractivity contribution is -0.134. The van der Waals surface area contributed by atoms with E-state index in [9.17, 15) is 9.59 Å². The van der Waals surface area contributed by atoms with Crippen molar-refractivity contribution in [2.75, 3.05) is 51.4 Å². The highest BCUT2D eigenvalue weighted by Gasteiger charge is 2.23. The van der Waals surface area contributed by atoms with Crippen LogP contribution < -0.4 is 9.64 Å². The fourth-order valence-electron chi connectivity index (χ4n) is 4.81. The van der Waals surface area contributed by atoms with E-state index in [-0.39, 0.29) is 25.0 Å². The third-order valence-corrected chi connectivity index (χ3v) is 7.32. The molecular formula is C31H35Cl2N3O4. The zero-order chi connectivity index (χ0) is 28.3. The van der Waals surface area contributed by atoms with Crippen LogP contribution in [0.4, 0.5) is 5.69 Å². The number of anilines is 1. The maximum absolute atomic E-state index is 13.4. The van der Waals surface area contributed by atoms with Crippen molar-refractivity contribution >= 4 is 40.7 Å². The van der Waals surface area contributed by atoms with Gasteiger partial charge in [-0.2, -0.15) is 0 Å². The molecule has 2 amide bonds. The maximum Gasteiger partial charge on any atom is 0.260 e. The van der Waals surface area contributed by atoms with Gasteiger partial charge in [0.05, 0.1) is 0 Å². The lowest BCUT2D eigenvalue weighted by atomic mass is 10.1. The van der Waals surface area contributed by atoms with Crippen LogP contribution in [0, 0.1) is 0 Å². The minimum atomic E-state index is -0.124. The second-order valence-corrected chi connectivity index (χ2v) is 10.6. The number of amides is 2. The number of carbonyl (C=O) groups is 2. The summed E-state index contributed by atoms with van der Waals surface area (Å²) in [6.45, 7) is 3.73. The highest BCUT2D eigenvalue weighted by Crippen LogP contribution is 2.24. The molecule has 0 aromatic heterocycles. The number of nitrogens with zero attached hydrogens (tertiary/aromatic N) is 3. The minimum Gasteiger partial charge on any atom is -0.484 e. The lowest BCUT2D eigenvalue weighted by Crippen LogP contribution is -2.41. The van der Waals surface area contributed by atoms with Gasteiger partial charge in [-0.1, -0.05) is 53.5 Å². The van der Waals surface area contributed by atoms with Crippen LogP contribution in [0.15, 0.2) is 72.8 Å². The predicted molar refractivity (Wildman–Crippen MR) is 159 cm³/mol. The van der Waals surface area contributed by atoms with Gasteiger partial charge in [-0.3, -0.25) is 14.5 Å². The van der Waals surface area contributed by atoms with Gasteiger partial charge in [0, 0.05) is 62.1 Å². The van der Waals surface area contributed by atoms with Crippen LogP contribution in [0.5, 0.6) is 5.75 Å². The first-order chi connectivity index (χ1) is 19.4. The fourth-order valence-corrected chi connectivity index (χ4v) is 5.06. The van der Waals surface area contributed by atoms with Crippen molar-refractivity contribution in [3.8, 4) is 5.75 Å². The van der Waals surface area contributed by atoms with Crippen LogP contribution in [-0.2, 0) is 27.4 Å². The van der Waals surface area contributed by atoms with E-state index in [2.05, 4.69) is 4.90 Å². The summed E-state index contributed by atoms with van der Waals surface area (Å²) in [6, 6.07) is 22.6. The number of halogens is 2. The van der Waals surface area contributed by atoms with Gasteiger partial charge in [-0.25, -0.2) is 0 Å². The Morgan fingerprint density at radius 1 is 0.775 bits per heavy atom. The van der Waals surface area contributed by atoms with Crippen LogP contribution in [0.25, 0.3) is 0 Å². The van der Waals surface area contributed by atoms with Gasteiger partial charge in [-0.05, 0) is 66.4 Å². The predicted octanol–water partition coefficient (Wildman–Crippen LogP) is 5.68. The van der Waals surface area contributed by atoms with Crippen molar-refractivity contribution in [1.29, 1.82) is 0 Å². The third kappa shape index (κ3) is 8.70. The molecular weight excluding hydrogens is 549 g/mol. The Bertz CT molecular complexity index is 1250. The van der Waals surface area contributed by atoms with E-state index in [1.165, 1.54) is 12.7 Å². The van der Waals surface area contributed by atoms with Crippen molar-refractivity contribution in [1.82, 2.24) is 9.80 Å². The first-order valence-electron chi connectivity index (χ1n) is 13.4. The number of hydrogen-bond acceptors (Lipinski definition) is 5. The van der Waals surface area contributed by atoms with Gasteiger partial charge < -0.3 is 19.3 Å². The Hall–Kier alpha value is -3.10. The maximum atomic E-state index is 13.4. The van der Waals surface area contributed by atoms with Crippen LogP contribution in [-0.4, -0.2) is 68.1 Å². The van der Waals surface area contributed by atoms with E-state index >= 15 is 0 Å². The average Bonchev–Trinajstić information content (AvgIpc) is 2.95. The molecule has 0 N–H and O–H groups in total. The Balaban J connectivity index is 1.56. The number of para-hydroxylation sites is 1. The quantitative estimate of drug-likeness (QED) is 0.358. The fraction of sp³-hybridized carbons (Fsp3) is 0.355. The van der Waals surface area contributed by atoms with Crippen molar-refractivity contribution < 1.29 is 19.1 Å². The molecule has 9 heteroatoms. The third-order valence-electron chi connectivity index (χ3n) is 6.82.